The van der Waals surface area contributed by atoms with E-state index in [4.69, 9.17) is 0 Å². The zero-order valence-corrected chi connectivity index (χ0v) is 11.6. The van der Waals surface area contributed by atoms with Gasteiger partial charge in [0.25, 0.3) is 5.69 Å². The Balaban J connectivity index is 2.16. The molecule has 7 nitrogen and oxygen atoms in total. The summed E-state index contributed by atoms with van der Waals surface area (Å²) in [6, 6.07) is 5.23. The van der Waals surface area contributed by atoms with Crippen molar-refractivity contribution in [1.82, 2.24) is 5.32 Å². The molecule has 0 unspecified atom stereocenters. The summed E-state index contributed by atoms with van der Waals surface area (Å²) in [5, 5.41) is 13.6. The van der Waals surface area contributed by atoms with Gasteiger partial charge < -0.3 is 10.1 Å². The van der Waals surface area contributed by atoms with Crippen molar-refractivity contribution in [3.63, 3.8) is 0 Å². The highest BCUT2D eigenvalue weighted by Gasteiger charge is 2.33. The first-order chi connectivity index (χ1) is 10.0. The van der Waals surface area contributed by atoms with Crippen molar-refractivity contribution in [2.45, 2.75) is 25.3 Å². The Bertz CT molecular complexity index is 568. The van der Waals surface area contributed by atoms with Crippen LogP contribution in [0, 0.1) is 16.0 Å². The lowest BCUT2D eigenvalue weighted by Gasteiger charge is -2.16. The lowest BCUT2D eigenvalue weighted by molar-refractivity contribution is -0.385. The first-order valence-electron chi connectivity index (χ1n) is 6.63. The fourth-order valence-electron chi connectivity index (χ4n) is 2.05. The molecular formula is C14H16N2O5. The number of para-hydroxylation sites is 1. The molecule has 0 heterocycles. The molecule has 0 radical (unpaired) electrons. The molecule has 1 N–H and O–H groups in total. The molecule has 7 heteroatoms. The second kappa shape index (κ2) is 6.34. The number of nitrogens with zero attached hydrogens (tertiary/aromatic N) is 1. The van der Waals surface area contributed by atoms with Crippen LogP contribution in [-0.2, 0) is 20.7 Å². The SMILES string of the molecule is COC(=O)[C@@H](Cc1ccccc1[N+](=O)[O-])NC(=O)C1CC1. The van der Waals surface area contributed by atoms with Gasteiger partial charge in [0, 0.05) is 24.0 Å². The Hall–Kier alpha value is -2.44. The Labute approximate surface area is 121 Å². The molecule has 1 aliphatic carbocycles. The number of amides is 1. The maximum atomic E-state index is 11.8. The van der Waals surface area contributed by atoms with Crippen LogP contribution in [0.15, 0.2) is 24.3 Å². The standard InChI is InChI=1S/C14H16N2O5/c1-21-14(18)11(15-13(17)9-6-7-9)8-10-4-2-3-5-12(10)16(19)20/h2-5,9,11H,6-8H2,1H3,(H,15,17)/t11-/m1/s1. The molecule has 0 bridgehead atoms. The van der Waals surface area contributed by atoms with Gasteiger partial charge in [-0.3, -0.25) is 14.9 Å². The van der Waals surface area contributed by atoms with Crippen LogP contribution in [0.3, 0.4) is 0 Å². The maximum absolute atomic E-state index is 11.8. The van der Waals surface area contributed by atoms with Gasteiger partial charge in [0.15, 0.2) is 0 Å². The molecule has 112 valence electrons. The molecule has 1 aliphatic rings. The fraction of sp³-hybridized carbons (Fsp3) is 0.429. The lowest BCUT2D eigenvalue weighted by Crippen LogP contribution is -2.43. The van der Waals surface area contributed by atoms with E-state index in [1.165, 1.54) is 13.2 Å². The van der Waals surface area contributed by atoms with Crippen molar-refractivity contribution < 1.29 is 19.2 Å². The molecule has 1 fully saturated rings. The molecule has 1 saturated carbocycles. The minimum absolute atomic E-state index is 0.0300. The summed E-state index contributed by atoms with van der Waals surface area (Å²) in [6.45, 7) is 0. The minimum atomic E-state index is -0.913. The zero-order chi connectivity index (χ0) is 15.4. The fourth-order valence-corrected chi connectivity index (χ4v) is 2.05. The summed E-state index contributed by atoms with van der Waals surface area (Å²) >= 11 is 0. The van der Waals surface area contributed by atoms with Gasteiger partial charge in [-0.1, -0.05) is 18.2 Å². The predicted octanol–water partition coefficient (Wildman–Crippen LogP) is 1.21. The number of hydrogen-bond acceptors (Lipinski definition) is 5. The Morgan fingerprint density at radius 3 is 2.67 bits per heavy atom. The van der Waals surface area contributed by atoms with Crippen LogP contribution in [0.1, 0.15) is 18.4 Å². The Morgan fingerprint density at radius 2 is 2.10 bits per heavy atom. The van der Waals surface area contributed by atoms with Gasteiger partial charge in [-0.05, 0) is 12.8 Å². The summed E-state index contributed by atoms with van der Waals surface area (Å²) in [4.78, 5) is 34.0. The third-order valence-electron chi connectivity index (χ3n) is 3.36. The number of carbonyl (C=O) groups is 2. The van der Waals surface area contributed by atoms with Crippen molar-refractivity contribution >= 4 is 17.6 Å². The number of esters is 1. The van der Waals surface area contributed by atoms with E-state index in [0.29, 0.717) is 5.56 Å². The first kappa shape index (κ1) is 15.0. The molecule has 1 amide bonds. The zero-order valence-electron chi connectivity index (χ0n) is 11.6. The normalized spacial score (nSPS) is 15.1. The summed E-state index contributed by atoms with van der Waals surface area (Å²) in [6.07, 6.45) is 1.65. The number of rotatable bonds is 6. The number of nitro benzene ring substituents is 1. The van der Waals surface area contributed by atoms with Crippen LogP contribution in [-0.4, -0.2) is 30.0 Å². The monoisotopic (exact) mass is 292 g/mol. The van der Waals surface area contributed by atoms with E-state index in [1.54, 1.807) is 18.2 Å². The number of nitrogens with one attached hydrogen (secondary N) is 1. The van der Waals surface area contributed by atoms with Gasteiger partial charge >= 0.3 is 5.97 Å². The van der Waals surface area contributed by atoms with Gasteiger partial charge in [0.2, 0.25) is 5.91 Å². The average molecular weight is 292 g/mol. The van der Waals surface area contributed by atoms with Crippen molar-refractivity contribution in [2.24, 2.45) is 5.92 Å². The van der Waals surface area contributed by atoms with Crippen LogP contribution in [0.5, 0.6) is 0 Å². The van der Waals surface area contributed by atoms with Crippen molar-refractivity contribution in [3.05, 3.63) is 39.9 Å². The summed E-state index contributed by atoms with van der Waals surface area (Å²) in [7, 11) is 1.22. The third-order valence-corrected chi connectivity index (χ3v) is 3.36. The van der Waals surface area contributed by atoms with E-state index in [-0.39, 0.29) is 23.9 Å². The van der Waals surface area contributed by atoms with Gasteiger partial charge in [-0.25, -0.2) is 4.79 Å². The van der Waals surface area contributed by atoms with E-state index in [2.05, 4.69) is 10.1 Å². The summed E-state index contributed by atoms with van der Waals surface area (Å²) in [5.41, 5.74) is 0.307. The van der Waals surface area contributed by atoms with Gasteiger partial charge in [0.05, 0.1) is 12.0 Å². The van der Waals surface area contributed by atoms with Crippen molar-refractivity contribution in [3.8, 4) is 0 Å². The second-order valence-electron chi connectivity index (χ2n) is 4.95. The van der Waals surface area contributed by atoms with Crippen molar-refractivity contribution in [2.75, 3.05) is 7.11 Å². The number of carbonyl (C=O) groups excluding carboxylic acids is 2. The predicted molar refractivity (Wildman–Crippen MR) is 73.5 cm³/mol. The van der Waals surface area contributed by atoms with E-state index < -0.39 is 16.9 Å². The van der Waals surface area contributed by atoms with E-state index in [0.717, 1.165) is 12.8 Å². The molecule has 1 aromatic carbocycles. The molecular weight excluding hydrogens is 276 g/mol. The van der Waals surface area contributed by atoms with Gasteiger partial charge in [-0.2, -0.15) is 0 Å². The van der Waals surface area contributed by atoms with Gasteiger partial charge in [-0.15, -0.1) is 0 Å². The number of hydrogen-bond donors (Lipinski definition) is 1. The molecule has 1 atom stereocenters. The highest BCUT2D eigenvalue weighted by atomic mass is 16.6. The first-order valence-corrected chi connectivity index (χ1v) is 6.63. The molecule has 21 heavy (non-hydrogen) atoms. The average Bonchev–Trinajstić information content (AvgIpc) is 3.30. The lowest BCUT2D eigenvalue weighted by atomic mass is 10.0. The quantitative estimate of drug-likeness (QED) is 0.482. The molecule has 1 aromatic rings. The van der Waals surface area contributed by atoms with Gasteiger partial charge in [0.1, 0.15) is 6.04 Å². The van der Waals surface area contributed by atoms with Crippen LogP contribution >= 0.6 is 0 Å². The van der Waals surface area contributed by atoms with Crippen LogP contribution < -0.4 is 5.32 Å². The molecule has 0 aliphatic heterocycles. The molecule has 0 saturated heterocycles. The summed E-state index contributed by atoms with van der Waals surface area (Å²) in [5.74, 6) is -0.867. The molecule has 0 aromatic heterocycles. The van der Waals surface area contributed by atoms with E-state index in [1.807, 2.05) is 0 Å². The smallest absolute Gasteiger partial charge is 0.328 e. The topological polar surface area (TPSA) is 98.5 Å². The number of nitro groups is 1. The second-order valence-corrected chi connectivity index (χ2v) is 4.95. The van der Waals surface area contributed by atoms with Crippen LogP contribution in [0.4, 0.5) is 5.69 Å². The minimum Gasteiger partial charge on any atom is -0.467 e. The Morgan fingerprint density at radius 1 is 1.43 bits per heavy atom. The Kier molecular flexibility index (Phi) is 4.52. The molecule has 2 rings (SSSR count). The molecule has 0 spiro atoms. The third kappa shape index (κ3) is 3.77. The summed E-state index contributed by atoms with van der Waals surface area (Å²) < 4.78 is 4.66. The number of benzene rings is 1. The van der Waals surface area contributed by atoms with E-state index >= 15 is 0 Å². The van der Waals surface area contributed by atoms with Crippen LogP contribution in [0.2, 0.25) is 0 Å². The van der Waals surface area contributed by atoms with E-state index in [9.17, 15) is 19.7 Å². The number of ether oxygens (including phenoxy) is 1. The highest BCUT2D eigenvalue weighted by molar-refractivity contribution is 5.87. The van der Waals surface area contributed by atoms with Crippen molar-refractivity contribution in [1.29, 1.82) is 0 Å². The highest BCUT2D eigenvalue weighted by Crippen LogP contribution is 2.29. The maximum Gasteiger partial charge on any atom is 0.328 e. The number of methoxy groups -OCH3 is 1. The van der Waals surface area contributed by atoms with Crippen LogP contribution in [0.25, 0.3) is 0 Å². The largest absolute Gasteiger partial charge is 0.467 e.